The first-order chi connectivity index (χ1) is 6.42. The number of hydrogen-bond donors (Lipinski definition) is 1. The van der Waals surface area contributed by atoms with Crippen LogP contribution in [0.4, 0.5) is 0 Å². The van der Waals surface area contributed by atoms with Gasteiger partial charge in [-0.25, -0.2) is 0 Å². The van der Waals surface area contributed by atoms with Gasteiger partial charge in [0.05, 0.1) is 12.9 Å². The van der Waals surface area contributed by atoms with Gasteiger partial charge in [0, 0.05) is 5.92 Å². The van der Waals surface area contributed by atoms with Gasteiger partial charge in [-0.1, -0.05) is 30.3 Å². The van der Waals surface area contributed by atoms with Crippen LogP contribution in [0.5, 0.6) is 0 Å². The molecule has 2 heteroatoms. The largest absolute Gasteiger partial charge is 0.493 e. The fourth-order valence-corrected chi connectivity index (χ4v) is 1.56. The molecule has 1 aromatic rings. The van der Waals surface area contributed by atoms with Crippen molar-refractivity contribution >= 4 is 0 Å². The summed E-state index contributed by atoms with van der Waals surface area (Å²) in [7, 11) is 0. The molecule has 1 aromatic carbocycles. The quantitative estimate of drug-likeness (QED) is 0.745. The third kappa shape index (κ3) is 1.58. The lowest BCUT2D eigenvalue weighted by molar-refractivity contribution is 0.102. The molecule has 0 spiro atoms. The Morgan fingerprint density at radius 2 is 2.00 bits per heavy atom. The Labute approximate surface area is 77.5 Å². The number of benzene rings is 1. The molecule has 2 atom stereocenters. The van der Waals surface area contributed by atoms with E-state index in [4.69, 9.17) is 9.84 Å². The number of rotatable bonds is 2. The Kier molecular flexibility index (Phi) is 2.32. The van der Waals surface area contributed by atoms with Gasteiger partial charge in [-0.3, -0.25) is 0 Å². The summed E-state index contributed by atoms with van der Waals surface area (Å²) in [5.74, 6) is 0.0994. The molecule has 0 fully saturated rings. The Bertz CT molecular complexity index is 292. The number of aliphatic hydroxyl groups excluding tert-OH is 1. The Hall–Kier alpha value is -1.28. The molecule has 0 amide bonds. The van der Waals surface area contributed by atoms with Gasteiger partial charge < -0.3 is 9.84 Å². The second-order valence-corrected chi connectivity index (χ2v) is 3.14. The number of ether oxygens (including phenoxy) is 1. The van der Waals surface area contributed by atoms with Crippen LogP contribution < -0.4 is 0 Å². The molecular weight excluding hydrogens is 164 g/mol. The molecular formula is C11H12O2. The van der Waals surface area contributed by atoms with E-state index >= 15 is 0 Å². The minimum Gasteiger partial charge on any atom is -0.493 e. The van der Waals surface area contributed by atoms with E-state index in [1.54, 1.807) is 6.26 Å². The molecule has 2 nitrogen and oxygen atoms in total. The normalized spacial score (nSPS) is 25.9. The molecule has 0 aliphatic carbocycles. The Morgan fingerprint density at radius 3 is 2.69 bits per heavy atom. The van der Waals surface area contributed by atoms with Crippen LogP contribution in [0.2, 0.25) is 0 Å². The van der Waals surface area contributed by atoms with E-state index in [0.717, 1.165) is 5.56 Å². The Morgan fingerprint density at radius 1 is 1.23 bits per heavy atom. The smallest absolute Gasteiger partial charge is 0.131 e. The van der Waals surface area contributed by atoms with Gasteiger partial charge in [0.25, 0.3) is 0 Å². The molecule has 13 heavy (non-hydrogen) atoms. The maximum absolute atomic E-state index is 9.07. The van der Waals surface area contributed by atoms with Crippen molar-refractivity contribution in [2.45, 2.75) is 6.10 Å². The molecule has 1 heterocycles. The zero-order chi connectivity index (χ0) is 9.10. The van der Waals surface area contributed by atoms with Crippen molar-refractivity contribution in [1.29, 1.82) is 0 Å². The van der Waals surface area contributed by atoms with Crippen LogP contribution in [0.1, 0.15) is 11.7 Å². The summed E-state index contributed by atoms with van der Waals surface area (Å²) < 4.78 is 5.40. The molecule has 68 valence electrons. The molecule has 0 aromatic heterocycles. The molecule has 0 radical (unpaired) electrons. The van der Waals surface area contributed by atoms with Crippen LogP contribution in [0.25, 0.3) is 0 Å². The molecule has 1 N–H and O–H groups in total. The maximum Gasteiger partial charge on any atom is 0.131 e. The first-order valence-corrected chi connectivity index (χ1v) is 4.40. The molecule has 0 unspecified atom stereocenters. The summed E-state index contributed by atoms with van der Waals surface area (Å²) in [5, 5.41) is 9.07. The van der Waals surface area contributed by atoms with Gasteiger partial charge in [0.2, 0.25) is 0 Å². The van der Waals surface area contributed by atoms with Crippen LogP contribution >= 0.6 is 0 Å². The summed E-state index contributed by atoms with van der Waals surface area (Å²) in [6.07, 6.45) is 3.56. The fourth-order valence-electron chi connectivity index (χ4n) is 1.56. The predicted molar refractivity (Wildman–Crippen MR) is 50.0 cm³/mol. The van der Waals surface area contributed by atoms with E-state index < -0.39 is 0 Å². The highest BCUT2D eigenvalue weighted by Gasteiger charge is 2.24. The molecule has 1 aliphatic heterocycles. The van der Waals surface area contributed by atoms with Crippen LogP contribution in [-0.4, -0.2) is 11.7 Å². The lowest BCUT2D eigenvalue weighted by Crippen LogP contribution is -2.11. The topological polar surface area (TPSA) is 29.5 Å². The monoisotopic (exact) mass is 176 g/mol. The predicted octanol–water partition coefficient (Wildman–Crippen LogP) is 1.88. The van der Waals surface area contributed by atoms with Gasteiger partial charge in [-0.15, -0.1) is 0 Å². The average molecular weight is 176 g/mol. The van der Waals surface area contributed by atoms with E-state index in [2.05, 4.69) is 0 Å². The van der Waals surface area contributed by atoms with Crippen molar-refractivity contribution in [2.24, 2.45) is 5.92 Å². The van der Waals surface area contributed by atoms with Crippen molar-refractivity contribution in [3.05, 3.63) is 48.2 Å². The lowest BCUT2D eigenvalue weighted by Gasteiger charge is -2.16. The SMILES string of the molecule is OC[C@@H]1C=CO[C@H]1c1ccccc1. The van der Waals surface area contributed by atoms with E-state index in [0.29, 0.717) is 0 Å². The maximum atomic E-state index is 9.07. The summed E-state index contributed by atoms with van der Waals surface area (Å²) >= 11 is 0. The Balaban J connectivity index is 2.18. The van der Waals surface area contributed by atoms with Gasteiger partial charge >= 0.3 is 0 Å². The number of aliphatic hydroxyl groups is 1. The zero-order valence-electron chi connectivity index (χ0n) is 7.26. The van der Waals surface area contributed by atoms with Gasteiger partial charge in [-0.05, 0) is 11.6 Å². The minimum atomic E-state index is -0.00815. The van der Waals surface area contributed by atoms with Crippen molar-refractivity contribution in [3.8, 4) is 0 Å². The van der Waals surface area contributed by atoms with Crippen molar-refractivity contribution in [1.82, 2.24) is 0 Å². The lowest BCUT2D eigenvalue weighted by atomic mass is 9.98. The molecule has 0 saturated heterocycles. The van der Waals surface area contributed by atoms with Crippen molar-refractivity contribution in [3.63, 3.8) is 0 Å². The van der Waals surface area contributed by atoms with E-state index in [-0.39, 0.29) is 18.6 Å². The average Bonchev–Trinajstić information content (AvgIpc) is 2.67. The zero-order valence-corrected chi connectivity index (χ0v) is 7.26. The molecule has 0 bridgehead atoms. The second kappa shape index (κ2) is 3.62. The van der Waals surface area contributed by atoms with Crippen LogP contribution in [0.15, 0.2) is 42.7 Å². The summed E-state index contributed by atoms with van der Waals surface area (Å²) in [6, 6.07) is 9.96. The van der Waals surface area contributed by atoms with Gasteiger partial charge in [0.15, 0.2) is 0 Å². The molecule has 0 saturated carbocycles. The summed E-state index contributed by atoms with van der Waals surface area (Å²) in [5.41, 5.74) is 1.12. The van der Waals surface area contributed by atoms with Crippen LogP contribution in [-0.2, 0) is 4.74 Å². The van der Waals surface area contributed by atoms with Gasteiger partial charge in [0.1, 0.15) is 6.10 Å². The standard InChI is InChI=1S/C11H12O2/c12-8-10-6-7-13-11(10)9-4-2-1-3-5-9/h1-7,10-12H,8H2/t10-,11-/m0/s1. The first-order valence-electron chi connectivity index (χ1n) is 4.40. The minimum absolute atomic E-state index is 0.00815. The highest BCUT2D eigenvalue weighted by atomic mass is 16.5. The number of hydrogen-bond acceptors (Lipinski definition) is 2. The van der Waals surface area contributed by atoms with E-state index in [1.165, 1.54) is 0 Å². The van der Waals surface area contributed by atoms with Crippen molar-refractivity contribution in [2.75, 3.05) is 6.61 Å². The highest BCUT2D eigenvalue weighted by Crippen LogP contribution is 2.31. The van der Waals surface area contributed by atoms with Gasteiger partial charge in [-0.2, -0.15) is 0 Å². The second-order valence-electron chi connectivity index (χ2n) is 3.14. The fraction of sp³-hybridized carbons (Fsp3) is 0.273. The van der Waals surface area contributed by atoms with E-state index in [9.17, 15) is 0 Å². The van der Waals surface area contributed by atoms with E-state index in [1.807, 2.05) is 36.4 Å². The first kappa shape index (κ1) is 8.32. The third-order valence-corrected chi connectivity index (χ3v) is 2.28. The van der Waals surface area contributed by atoms with Crippen LogP contribution in [0.3, 0.4) is 0 Å². The third-order valence-electron chi connectivity index (χ3n) is 2.28. The summed E-state index contributed by atoms with van der Waals surface area (Å²) in [4.78, 5) is 0. The van der Waals surface area contributed by atoms with Crippen molar-refractivity contribution < 1.29 is 9.84 Å². The summed E-state index contributed by atoms with van der Waals surface area (Å²) in [6.45, 7) is 0.135. The van der Waals surface area contributed by atoms with Crippen LogP contribution in [0, 0.1) is 5.92 Å². The molecule has 2 rings (SSSR count). The molecule has 1 aliphatic rings. The highest BCUT2D eigenvalue weighted by molar-refractivity contribution is 5.21.